The minimum Gasteiger partial charge on any atom is -0.433 e. The van der Waals surface area contributed by atoms with E-state index in [1.807, 2.05) is 0 Å². The van der Waals surface area contributed by atoms with Crippen LogP contribution in [0.2, 0.25) is 0 Å². The maximum absolute atomic E-state index is 11.4. The van der Waals surface area contributed by atoms with E-state index in [9.17, 15) is 9.59 Å². The third-order valence-electron chi connectivity index (χ3n) is 4.38. The van der Waals surface area contributed by atoms with Crippen LogP contribution >= 0.6 is 0 Å². The number of allylic oxidation sites excluding steroid dienone is 2. The lowest BCUT2D eigenvalue weighted by atomic mass is 9.73. The van der Waals surface area contributed by atoms with Gasteiger partial charge >= 0.3 is 12.3 Å². The van der Waals surface area contributed by atoms with Gasteiger partial charge in [0.05, 0.1) is 0 Å². The van der Waals surface area contributed by atoms with Crippen LogP contribution in [0.3, 0.4) is 0 Å². The molecule has 0 amide bonds. The smallest absolute Gasteiger partial charge is 0.433 e. The van der Waals surface area contributed by atoms with E-state index >= 15 is 0 Å². The number of ether oxygens (including phenoxy) is 3. The lowest BCUT2D eigenvalue weighted by Gasteiger charge is -2.35. The van der Waals surface area contributed by atoms with Gasteiger partial charge in [-0.05, 0) is 18.3 Å². The molecule has 0 aromatic heterocycles. The molecule has 2 rings (SSSR count). The number of hydrogen-bond acceptors (Lipinski definition) is 5. The fourth-order valence-corrected chi connectivity index (χ4v) is 2.69. The quantitative estimate of drug-likeness (QED) is 0.386. The molecule has 0 unspecified atom stereocenters. The molecule has 0 N–H and O–H groups in total. The van der Waals surface area contributed by atoms with Gasteiger partial charge in [-0.25, -0.2) is 9.59 Å². The Kier molecular flexibility index (Phi) is 3.80. The zero-order valence-corrected chi connectivity index (χ0v) is 12.5. The SMILES string of the molecule is CC1(C)COC(=O)OC(=O)OCC(C)(C)[C@H]2C=C[C@@H]1C2. The maximum Gasteiger partial charge on any atom is 0.518 e. The summed E-state index contributed by atoms with van der Waals surface area (Å²) < 4.78 is 14.5. The molecule has 1 aliphatic heterocycles. The van der Waals surface area contributed by atoms with Crippen molar-refractivity contribution in [1.82, 2.24) is 0 Å². The van der Waals surface area contributed by atoms with Crippen molar-refractivity contribution >= 4 is 12.3 Å². The summed E-state index contributed by atoms with van der Waals surface area (Å²) in [6.45, 7) is 8.62. The minimum atomic E-state index is -1.00. The van der Waals surface area contributed by atoms with Crippen molar-refractivity contribution in [2.75, 3.05) is 13.2 Å². The topological polar surface area (TPSA) is 61.8 Å². The highest BCUT2D eigenvalue weighted by atomic mass is 16.8. The standard InChI is InChI=1S/C15H22O5/c1-14(2)8-18-12(16)20-13(17)19-9-15(3,4)11-6-5-10(14)7-11/h5-6,10-11H,7-9H2,1-4H3/t10-,11+. The van der Waals surface area contributed by atoms with E-state index in [4.69, 9.17) is 9.47 Å². The molecule has 0 radical (unpaired) electrons. The summed E-state index contributed by atoms with van der Waals surface area (Å²) in [4.78, 5) is 22.8. The lowest BCUT2D eigenvalue weighted by molar-refractivity contribution is -0.0112. The zero-order valence-electron chi connectivity index (χ0n) is 12.5. The highest BCUT2D eigenvalue weighted by molar-refractivity contribution is 5.76. The molecule has 0 aromatic rings. The van der Waals surface area contributed by atoms with Gasteiger partial charge in [-0.3, -0.25) is 0 Å². The second kappa shape index (κ2) is 5.11. The van der Waals surface area contributed by atoms with E-state index < -0.39 is 12.3 Å². The van der Waals surface area contributed by atoms with Gasteiger partial charge in [0, 0.05) is 10.8 Å². The second-order valence-corrected chi connectivity index (χ2v) is 6.99. The molecular weight excluding hydrogens is 260 g/mol. The van der Waals surface area contributed by atoms with Crippen molar-refractivity contribution in [3.8, 4) is 0 Å². The first-order chi connectivity index (χ1) is 9.21. The zero-order chi connectivity index (χ0) is 15.0. The molecule has 0 saturated carbocycles. The molecule has 2 aliphatic rings. The molecule has 5 nitrogen and oxygen atoms in total. The lowest BCUT2D eigenvalue weighted by Crippen LogP contribution is -2.34. The normalized spacial score (nSPS) is 32.4. The Hall–Kier alpha value is -1.52. The van der Waals surface area contributed by atoms with E-state index in [1.54, 1.807) is 0 Å². The Balaban J connectivity index is 2.20. The van der Waals surface area contributed by atoms with Crippen LogP contribution in [-0.2, 0) is 14.2 Å². The molecule has 112 valence electrons. The number of carbonyl (C=O) groups excluding carboxylic acids is 2. The van der Waals surface area contributed by atoms with Crippen molar-refractivity contribution in [3.05, 3.63) is 12.2 Å². The van der Waals surface area contributed by atoms with Gasteiger partial charge in [0.15, 0.2) is 0 Å². The van der Waals surface area contributed by atoms with Crippen molar-refractivity contribution < 1.29 is 23.8 Å². The van der Waals surface area contributed by atoms with E-state index in [1.165, 1.54) is 0 Å². The molecule has 2 atom stereocenters. The van der Waals surface area contributed by atoms with Crippen LogP contribution in [-0.4, -0.2) is 25.5 Å². The molecule has 20 heavy (non-hydrogen) atoms. The Morgan fingerprint density at radius 1 is 0.900 bits per heavy atom. The number of carbonyl (C=O) groups is 2. The van der Waals surface area contributed by atoms with Crippen LogP contribution in [0.4, 0.5) is 9.59 Å². The summed E-state index contributed by atoms with van der Waals surface area (Å²) in [6.07, 6.45) is 3.33. The predicted molar refractivity (Wildman–Crippen MR) is 72.1 cm³/mol. The summed E-state index contributed by atoms with van der Waals surface area (Å²) in [5.41, 5.74) is -0.382. The third kappa shape index (κ3) is 3.14. The van der Waals surface area contributed by atoms with Crippen LogP contribution in [0.25, 0.3) is 0 Å². The third-order valence-corrected chi connectivity index (χ3v) is 4.38. The van der Waals surface area contributed by atoms with Gasteiger partial charge in [0.25, 0.3) is 0 Å². The minimum absolute atomic E-state index is 0.191. The van der Waals surface area contributed by atoms with Gasteiger partial charge in [0.1, 0.15) is 13.2 Å². The van der Waals surface area contributed by atoms with E-state index in [2.05, 4.69) is 44.6 Å². The summed E-state index contributed by atoms with van der Waals surface area (Å²) >= 11 is 0. The monoisotopic (exact) mass is 282 g/mol. The van der Waals surface area contributed by atoms with Gasteiger partial charge < -0.3 is 14.2 Å². The Bertz CT molecular complexity index is 398. The van der Waals surface area contributed by atoms with E-state index in [0.29, 0.717) is 11.8 Å². The Morgan fingerprint density at radius 2 is 1.30 bits per heavy atom. The first kappa shape index (κ1) is 14.9. The summed E-state index contributed by atoms with van der Waals surface area (Å²) in [5.74, 6) is 0.657. The summed E-state index contributed by atoms with van der Waals surface area (Å²) in [6, 6.07) is 0. The summed E-state index contributed by atoms with van der Waals surface area (Å²) in [5, 5.41) is 0. The number of cyclic esters (lactones) is 4. The van der Waals surface area contributed by atoms with Crippen molar-refractivity contribution in [3.63, 3.8) is 0 Å². The molecule has 5 heteroatoms. The van der Waals surface area contributed by atoms with Crippen LogP contribution in [0.5, 0.6) is 0 Å². The maximum atomic E-state index is 11.4. The van der Waals surface area contributed by atoms with Crippen molar-refractivity contribution in [1.29, 1.82) is 0 Å². The fourth-order valence-electron chi connectivity index (χ4n) is 2.69. The van der Waals surface area contributed by atoms with Gasteiger partial charge in [-0.1, -0.05) is 39.8 Å². The molecule has 0 spiro atoms. The molecule has 1 fully saturated rings. The predicted octanol–water partition coefficient (Wildman–Crippen LogP) is 3.53. The first-order valence-electron chi connectivity index (χ1n) is 6.90. The largest absolute Gasteiger partial charge is 0.518 e. The van der Waals surface area contributed by atoms with E-state index in [-0.39, 0.29) is 24.0 Å². The van der Waals surface area contributed by atoms with Gasteiger partial charge in [-0.15, -0.1) is 0 Å². The molecule has 2 bridgehead atoms. The summed E-state index contributed by atoms with van der Waals surface area (Å²) in [7, 11) is 0. The Labute approximate surface area is 119 Å². The second-order valence-electron chi connectivity index (χ2n) is 6.99. The Morgan fingerprint density at radius 3 is 1.70 bits per heavy atom. The van der Waals surface area contributed by atoms with Crippen LogP contribution < -0.4 is 0 Å². The van der Waals surface area contributed by atoms with Gasteiger partial charge in [0.2, 0.25) is 0 Å². The van der Waals surface area contributed by atoms with Crippen LogP contribution in [0, 0.1) is 22.7 Å². The van der Waals surface area contributed by atoms with E-state index in [0.717, 1.165) is 6.42 Å². The highest BCUT2D eigenvalue weighted by Crippen LogP contribution is 2.44. The van der Waals surface area contributed by atoms with Crippen molar-refractivity contribution in [2.24, 2.45) is 22.7 Å². The average molecular weight is 282 g/mol. The number of rotatable bonds is 0. The molecular formula is C15H22O5. The first-order valence-corrected chi connectivity index (χ1v) is 6.90. The fraction of sp³-hybridized carbons (Fsp3) is 0.733. The van der Waals surface area contributed by atoms with Crippen LogP contribution in [0.15, 0.2) is 12.2 Å². The highest BCUT2D eigenvalue weighted by Gasteiger charge is 2.40. The number of fused-ring (bicyclic) bond motifs is 2. The number of hydrogen-bond donors (Lipinski definition) is 0. The average Bonchev–Trinajstić information content (AvgIpc) is 2.84. The molecule has 0 aromatic carbocycles. The molecule has 1 heterocycles. The van der Waals surface area contributed by atoms with Gasteiger partial charge in [-0.2, -0.15) is 0 Å². The van der Waals surface area contributed by atoms with Crippen molar-refractivity contribution in [2.45, 2.75) is 34.1 Å². The van der Waals surface area contributed by atoms with Crippen LogP contribution in [0.1, 0.15) is 34.1 Å². The molecule has 1 aliphatic carbocycles. The molecule has 1 saturated heterocycles.